The lowest BCUT2D eigenvalue weighted by Gasteiger charge is -2.21. The number of nitrogens with one attached hydrogen (secondary N) is 2. The summed E-state index contributed by atoms with van der Waals surface area (Å²) in [5.41, 5.74) is 4.73. The van der Waals surface area contributed by atoms with Gasteiger partial charge in [-0.2, -0.15) is 0 Å². The summed E-state index contributed by atoms with van der Waals surface area (Å²) in [5.74, 6) is 7.35. The molecule has 0 aliphatic rings. The first-order chi connectivity index (χ1) is 10.2. The Morgan fingerprint density at radius 1 is 1.05 bits per heavy atom. The van der Waals surface area contributed by atoms with Gasteiger partial charge in [0.15, 0.2) is 0 Å². The molecule has 0 spiro atoms. The molecule has 0 radical (unpaired) electrons. The highest BCUT2D eigenvalue weighted by Gasteiger charge is 2.04. The number of rotatable bonds is 6. The first-order valence-electron chi connectivity index (χ1n) is 7.10. The van der Waals surface area contributed by atoms with Crippen LogP contribution in [-0.4, -0.2) is 23.1 Å². The van der Waals surface area contributed by atoms with Crippen LogP contribution in [0.3, 0.4) is 0 Å². The fourth-order valence-electron chi connectivity index (χ4n) is 2.20. The Morgan fingerprint density at radius 2 is 1.67 bits per heavy atom. The SMILES string of the molecule is CCN(CC)c1ccc(Nc2cc(NN)nc(C)n2)cc1. The number of nitrogens with zero attached hydrogens (tertiary/aromatic N) is 3. The lowest BCUT2D eigenvalue weighted by molar-refractivity contribution is 0.866. The third-order valence-electron chi connectivity index (χ3n) is 3.25. The number of anilines is 4. The minimum atomic E-state index is 0.588. The van der Waals surface area contributed by atoms with Gasteiger partial charge in [0.25, 0.3) is 0 Å². The van der Waals surface area contributed by atoms with Crippen LogP contribution < -0.4 is 21.5 Å². The summed E-state index contributed by atoms with van der Waals surface area (Å²) in [6.07, 6.45) is 0. The molecular formula is C15H22N6. The van der Waals surface area contributed by atoms with E-state index in [1.807, 2.05) is 19.1 Å². The Hall–Kier alpha value is -2.34. The molecule has 1 aromatic carbocycles. The molecule has 2 rings (SSSR count). The summed E-state index contributed by atoms with van der Waals surface area (Å²) in [6, 6.07) is 10.1. The average Bonchev–Trinajstić information content (AvgIpc) is 2.49. The molecule has 0 unspecified atom stereocenters. The van der Waals surface area contributed by atoms with Crippen LogP contribution in [0.15, 0.2) is 30.3 Å². The second-order valence-corrected chi connectivity index (χ2v) is 4.67. The standard InChI is InChI=1S/C15H22N6/c1-4-21(5-2)13-8-6-12(7-9-13)19-14-10-15(20-16)18-11(3)17-14/h6-10H,4-5,16H2,1-3H3,(H2,17,18,19,20). The smallest absolute Gasteiger partial charge is 0.145 e. The van der Waals surface area contributed by atoms with Crippen molar-refractivity contribution in [3.63, 3.8) is 0 Å². The molecule has 0 saturated heterocycles. The van der Waals surface area contributed by atoms with Crippen LogP contribution in [0.25, 0.3) is 0 Å². The van der Waals surface area contributed by atoms with E-state index < -0.39 is 0 Å². The maximum atomic E-state index is 5.39. The van der Waals surface area contributed by atoms with Crippen molar-refractivity contribution in [2.75, 3.05) is 28.7 Å². The van der Waals surface area contributed by atoms with Gasteiger partial charge in [-0.3, -0.25) is 0 Å². The number of aromatic nitrogens is 2. The van der Waals surface area contributed by atoms with Crippen molar-refractivity contribution in [1.82, 2.24) is 9.97 Å². The van der Waals surface area contributed by atoms with Crippen LogP contribution in [0, 0.1) is 6.92 Å². The predicted octanol–water partition coefficient (Wildman–Crippen LogP) is 2.66. The zero-order valence-corrected chi connectivity index (χ0v) is 12.7. The summed E-state index contributed by atoms with van der Waals surface area (Å²) in [5, 5.41) is 3.26. The van der Waals surface area contributed by atoms with Crippen LogP contribution in [-0.2, 0) is 0 Å². The molecule has 4 N–H and O–H groups in total. The van der Waals surface area contributed by atoms with Gasteiger partial charge < -0.3 is 15.6 Å². The van der Waals surface area contributed by atoms with Gasteiger partial charge >= 0.3 is 0 Å². The molecule has 6 nitrogen and oxygen atoms in total. The summed E-state index contributed by atoms with van der Waals surface area (Å²) < 4.78 is 0. The number of hydrogen-bond acceptors (Lipinski definition) is 6. The molecule has 0 bridgehead atoms. The number of aryl methyl sites for hydroxylation is 1. The molecule has 0 fully saturated rings. The van der Waals surface area contributed by atoms with Crippen molar-refractivity contribution in [3.8, 4) is 0 Å². The number of hydrazine groups is 1. The van der Waals surface area contributed by atoms with Crippen molar-refractivity contribution >= 4 is 23.0 Å². The van der Waals surface area contributed by atoms with E-state index in [4.69, 9.17) is 5.84 Å². The van der Waals surface area contributed by atoms with Gasteiger partial charge in [-0.05, 0) is 45.0 Å². The van der Waals surface area contributed by atoms with E-state index in [1.54, 1.807) is 6.07 Å². The van der Waals surface area contributed by atoms with Crippen LogP contribution in [0.2, 0.25) is 0 Å². The third kappa shape index (κ3) is 3.82. The molecule has 0 saturated carbocycles. The quantitative estimate of drug-likeness (QED) is 0.559. The van der Waals surface area contributed by atoms with Crippen LogP contribution >= 0.6 is 0 Å². The highest BCUT2D eigenvalue weighted by Crippen LogP contribution is 2.21. The van der Waals surface area contributed by atoms with Gasteiger partial charge in [0, 0.05) is 30.5 Å². The number of hydrogen-bond donors (Lipinski definition) is 3. The Morgan fingerprint density at radius 3 is 2.24 bits per heavy atom. The fourth-order valence-corrected chi connectivity index (χ4v) is 2.20. The van der Waals surface area contributed by atoms with Crippen LogP contribution in [0.1, 0.15) is 19.7 Å². The number of nitrogens with two attached hydrogens (primary N) is 1. The molecule has 0 amide bonds. The molecule has 6 heteroatoms. The van der Waals surface area contributed by atoms with Gasteiger partial charge in [0.2, 0.25) is 0 Å². The minimum absolute atomic E-state index is 0.588. The first kappa shape index (κ1) is 15.1. The zero-order valence-electron chi connectivity index (χ0n) is 12.7. The monoisotopic (exact) mass is 286 g/mol. The van der Waals surface area contributed by atoms with Crippen LogP contribution in [0.4, 0.5) is 23.0 Å². The van der Waals surface area contributed by atoms with Gasteiger partial charge in [-0.15, -0.1) is 0 Å². The summed E-state index contributed by atoms with van der Waals surface area (Å²) >= 11 is 0. The highest BCUT2D eigenvalue weighted by molar-refractivity contribution is 5.62. The normalized spacial score (nSPS) is 10.3. The van der Waals surface area contributed by atoms with Gasteiger partial charge in [0.1, 0.15) is 17.5 Å². The van der Waals surface area contributed by atoms with Gasteiger partial charge in [-0.1, -0.05) is 0 Å². The maximum Gasteiger partial charge on any atom is 0.145 e. The van der Waals surface area contributed by atoms with Crippen LogP contribution in [0.5, 0.6) is 0 Å². The minimum Gasteiger partial charge on any atom is -0.372 e. The van der Waals surface area contributed by atoms with Crippen molar-refractivity contribution in [1.29, 1.82) is 0 Å². The molecule has 1 aromatic heterocycles. The molecule has 112 valence electrons. The Labute approximate surface area is 125 Å². The van der Waals surface area contributed by atoms with E-state index in [2.05, 4.69) is 51.6 Å². The Kier molecular flexibility index (Phi) is 4.94. The van der Waals surface area contributed by atoms with E-state index in [-0.39, 0.29) is 0 Å². The predicted molar refractivity (Wildman–Crippen MR) is 87.9 cm³/mol. The van der Waals surface area contributed by atoms with Crippen molar-refractivity contribution in [2.24, 2.45) is 5.84 Å². The summed E-state index contributed by atoms with van der Waals surface area (Å²) in [4.78, 5) is 10.8. The second-order valence-electron chi connectivity index (χ2n) is 4.67. The molecule has 0 aliphatic heterocycles. The largest absolute Gasteiger partial charge is 0.372 e. The van der Waals surface area contributed by atoms with Crippen molar-refractivity contribution in [2.45, 2.75) is 20.8 Å². The maximum absolute atomic E-state index is 5.39. The van der Waals surface area contributed by atoms with Crippen molar-refractivity contribution < 1.29 is 0 Å². The highest BCUT2D eigenvalue weighted by atomic mass is 15.3. The lowest BCUT2D eigenvalue weighted by Crippen LogP contribution is -2.21. The van der Waals surface area contributed by atoms with E-state index in [1.165, 1.54) is 5.69 Å². The molecule has 1 heterocycles. The zero-order chi connectivity index (χ0) is 15.2. The Balaban J connectivity index is 2.15. The van der Waals surface area contributed by atoms with Crippen molar-refractivity contribution in [3.05, 3.63) is 36.2 Å². The molecule has 0 atom stereocenters. The molecule has 2 aromatic rings. The van der Waals surface area contributed by atoms with E-state index in [0.717, 1.165) is 18.8 Å². The van der Waals surface area contributed by atoms with Gasteiger partial charge in [0.05, 0.1) is 0 Å². The summed E-state index contributed by atoms with van der Waals surface area (Å²) in [6.45, 7) is 8.14. The molecule has 0 aliphatic carbocycles. The molecular weight excluding hydrogens is 264 g/mol. The first-order valence-corrected chi connectivity index (χ1v) is 7.10. The second kappa shape index (κ2) is 6.90. The lowest BCUT2D eigenvalue weighted by atomic mass is 10.2. The topological polar surface area (TPSA) is 79.1 Å². The molecule has 21 heavy (non-hydrogen) atoms. The fraction of sp³-hybridized carbons (Fsp3) is 0.333. The third-order valence-corrected chi connectivity index (χ3v) is 3.25. The number of nitrogen functional groups attached to an aromatic ring is 1. The summed E-state index contributed by atoms with van der Waals surface area (Å²) in [7, 11) is 0. The van der Waals surface area contributed by atoms with Gasteiger partial charge in [-0.25, -0.2) is 15.8 Å². The van der Waals surface area contributed by atoms with E-state index in [0.29, 0.717) is 17.5 Å². The average molecular weight is 286 g/mol. The van der Waals surface area contributed by atoms with E-state index >= 15 is 0 Å². The number of benzene rings is 1. The Bertz CT molecular complexity index is 577. The van der Waals surface area contributed by atoms with E-state index in [9.17, 15) is 0 Å².